The molecule has 2 heterocycles. The summed E-state index contributed by atoms with van der Waals surface area (Å²) in [6.07, 6.45) is 1.87. The zero-order valence-electron chi connectivity index (χ0n) is 11.1. The molecule has 1 fully saturated rings. The van der Waals surface area contributed by atoms with E-state index in [9.17, 15) is 9.59 Å². The molecular formula is C12H18N4O3S. The van der Waals surface area contributed by atoms with Crippen molar-refractivity contribution >= 4 is 28.3 Å². The number of aromatic nitrogens is 1. The molecule has 0 spiro atoms. The summed E-state index contributed by atoms with van der Waals surface area (Å²) in [4.78, 5) is 30.7. The fourth-order valence-corrected chi connectivity index (χ4v) is 2.82. The van der Waals surface area contributed by atoms with Gasteiger partial charge in [-0.1, -0.05) is 0 Å². The Hall–Kier alpha value is -1.67. The molecule has 1 aliphatic rings. The minimum Gasteiger partial charge on any atom is -0.481 e. The quantitative estimate of drug-likeness (QED) is 0.793. The van der Waals surface area contributed by atoms with Crippen molar-refractivity contribution in [3.05, 3.63) is 11.6 Å². The summed E-state index contributed by atoms with van der Waals surface area (Å²) in [7, 11) is 0. The Morgan fingerprint density at radius 2 is 2.10 bits per heavy atom. The number of hydrogen-bond donors (Lipinski definition) is 2. The number of anilines is 1. The number of nitrogens with two attached hydrogens (primary N) is 1. The van der Waals surface area contributed by atoms with Crippen LogP contribution < -0.4 is 10.6 Å². The van der Waals surface area contributed by atoms with E-state index in [2.05, 4.69) is 9.88 Å². The van der Waals surface area contributed by atoms with Crippen molar-refractivity contribution in [2.75, 3.05) is 31.1 Å². The van der Waals surface area contributed by atoms with Crippen molar-refractivity contribution in [3.8, 4) is 0 Å². The molecule has 1 saturated heterocycles. The summed E-state index contributed by atoms with van der Waals surface area (Å²) in [5, 5.41) is 11.5. The lowest BCUT2D eigenvalue weighted by Gasteiger charge is -2.35. The number of carbonyl (C=O) groups is 2. The van der Waals surface area contributed by atoms with E-state index in [0.29, 0.717) is 13.1 Å². The van der Waals surface area contributed by atoms with Crippen LogP contribution in [0.15, 0.2) is 11.6 Å². The van der Waals surface area contributed by atoms with Gasteiger partial charge in [0.05, 0.1) is 6.04 Å². The van der Waals surface area contributed by atoms with Crippen LogP contribution >= 0.6 is 11.3 Å². The molecular weight excluding hydrogens is 280 g/mol. The van der Waals surface area contributed by atoms with E-state index in [0.717, 1.165) is 18.2 Å². The smallest absolute Gasteiger partial charge is 0.303 e. The van der Waals surface area contributed by atoms with Crippen molar-refractivity contribution in [1.29, 1.82) is 0 Å². The first-order valence-electron chi connectivity index (χ1n) is 6.48. The molecule has 1 aromatic heterocycles. The molecule has 0 aromatic carbocycles. The highest BCUT2D eigenvalue weighted by Gasteiger charge is 2.26. The second kappa shape index (κ2) is 6.67. The molecule has 0 radical (unpaired) electrons. The number of piperazine rings is 1. The Bertz CT molecular complexity index is 457. The predicted molar refractivity (Wildman–Crippen MR) is 75.8 cm³/mol. The van der Waals surface area contributed by atoms with E-state index < -0.39 is 12.0 Å². The lowest BCUT2D eigenvalue weighted by atomic mass is 10.1. The van der Waals surface area contributed by atoms with E-state index >= 15 is 0 Å². The fourth-order valence-electron chi connectivity index (χ4n) is 2.13. The maximum atomic E-state index is 12.1. The van der Waals surface area contributed by atoms with Crippen molar-refractivity contribution in [3.63, 3.8) is 0 Å². The number of amides is 1. The second-order valence-electron chi connectivity index (χ2n) is 4.67. The first-order valence-corrected chi connectivity index (χ1v) is 7.36. The Morgan fingerprint density at radius 3 is 2.65 bits per heavy atom. The van der Waals surface area contributed by atoms with Gasteiger partial charge in [-0.3, -0.25) is 9.59 Å². The van der Waals surface area contributed by atoms with E-state index in [-0.39, 0.29) is 18.7 Å². The van der Waals surface area contributed by atoms with Crippen molar-refractivity contribution in [2.45, 2.75) is 18.9 Å². The summed E-state index contributed by atoms with van der Waals surface area (Å²) in [6.45, 7) is 2.65. The van der Waals surface area contributed by atoms with Gasteiger partial charge >= 0.3 is 5.97 Å². The maximum absolute atomic E-state index is 12.1. The van der Waals surface area contributed by atoms with Gasteiger partial charge in [0.25, 0.3) is 0 Å². The van der Waals surface area contributed by atoms with Crippen LogP contribution in [0.5, 0.6) is 0 Å². The van der Waals surface area contributed by atoms with Gasteiger partial charge in [-0.05, 0) is 6.42 Å². The Morgan fingerprint density at radius 1 is 1.40 bits per heavy atom. The van der Waals surface area contributed by atoms with Gasteiger partial charge in [0.1, 0.15) is 0 Å². The SMILES string of the molecule is NC(CCC(=O)O)C(=O)N1CCN(c2nccs2)CC1. The van der Waals surface area contributed by atoms with Crippen LogP contribution in [0.1, 0.15) is 12.8 Å². The number of carbonyl (C=O) groups excluding carboxylic acids is 1. The number of rotatable bonds is 5. The largest absolute Gasteiger partial charge is 0.481 e. The van der Waals surface area contributed by atoms with Crippen LogP contribution in [0.4, 0.5) is 5.13 Å². The highest BCUT2D eigenvalue weighted by molar-refractivity contribution is 7.13. The third-order valence-corrected chi connectivity index (χ3v) is 4.10. The number of thiazole rings is 1. The van der Waals surface area contributed by atoms with Gasteiger partial charge in [0.2, 0.25) is 5.91 Å². The predicted octanol–water partition coefficient (Wildman–Crippen LogP) is -0.0162. The van der Waals surface area contributed by atoms with Crippen LogP contribution in [0.25, 0.3) is 0 Å². The Labute approximate surface area is 121 Å². The number of carboxylic acid groups (broad SMARTS) is 1. The van der Waals surface area contributed by atoms with Gasteiger partial charge in [0.15, 0.2) is 5.13 Å². The van der Waals surface area contributed by atoms with E-state index in [1.807, 2.05) is 5.38 Å². The molecule has 1 aromatic rings. The van der Waals surface area contributed by atoms with Crippen LogP contribution in [0.3, 0.4) is 0 Å². The summed E-state index contributed by atoms with van der Waals surface area (Å²) in [5.41, 5.74) is 5.75. The summed E-state index contributed by atoms with van der Waals surface area (Å²) in [5.74, 6) is -1.09. The van der Waals surface area contributed by atoms with E-state index in [1.54, 1.807) is 22.4 Å². The lowest BCUT2D eigenvalue weighted by Crippen LogP contribution is -2.53. The molecule has 1 amide bonds. The zero-order chi connectivity index (χ0) is 14.5. The number of carboxylic acids is 1. The van der Waals surface area contributed by atoms with Crippen molar-refractivity contribution in [1.82, 2.24) is 9.88 Å². The van der Waals surface area contributed by atoms with E-state index in [1.165, 1.54) is 0 Å². The first-order chi connectivity index (χ1) is 9.58. The maximum Gasteiger partial charge on any atom is 0.303 e. The van der Waals surface area contributed by atoms with Gasteiger partial charge in [-0.25, -0.2) is 4.98 Å². The molecule has 8 heteroatoms. The minimum absolute atomic E-state index is 0.0774. The third-order valence-electron chi connectivity index (χ3n) is 3.27. The molecule has 0 aliphatic carbocycles. The molecule has 7 nitrogen and oxygen atoms in total. The number of hydrogen-bond acceptors (Lipinski definition) is 6. The normalized spacial score (nSPS) is 17.1. The zero-order valence-corrected chi connectivity index (χ0v) is 11.9. The second-order valence-corrected chi connectivity index (χ2v) is 5.54. The monoisotopic (exact) mass is 298 g/mol. The first kappa shape index (κ1) is 14.7. The fraction of sp³-hybridized carbons (Fsp3) is 0.583. The van der Waals surface area contributed by atoms with Gasteiger partial charge in [-0.2, -0.15) is 0 Å². The third kappa shape index (κ3) is 3.67. The summed E-state index contributed by atoms with van der Waals surface area (Å²) >= 11 is 1.58. The summed E-state index contributed by atoms with van der Waals surface area (Å²) in [6, 6.07) is -0.725. The van der Waals surface area contributed by atoms with Gasteiger partial charge in [0, 0.05) is 44.2 Å². The minimum atomic E-state index is -0.929. The summed E-state index contributed by atoms with van der Waals surface area (Å²) < 4.78 is 0. The van der Waals surface area contributed by atoms with Crippen LogP contribution in [0.2, 0.25) is 0 Å². The van der Waals surface area contributed by atoms with Gasteiger partial charge in [-0.15, -0.1) is 11.3 Å². The molecule has 2 rings (SSSR count). The molecule has 1 unspecified atom stereocenters. The Kier molecular flexibility index (Phi) is 4.91. The molecule has 110 valence electrons. The number of nitrogens with zero attached hydrogens (tertiary/aromatic N) is 3. The Balaban J connectivity index is 1.81. The molecule has 20 heavy (non-hydrogen) atoms. The standard InChI is InChI=1S/C12H18N4O3S/c13-9(1-2-10(17)18)11(19)15-4-6-16(7-5-15)12-14-3-8-20-12/h3,8-9H,1-2,4-7,13H2,(H,17,18). The lowest BCUT2D eigenvalue weighted by molar-refractivity contribution is -0.137. The topological polar surface area (TPSA) is 99.8 Å². The van der Waals surface area contributed by atoms with Crippen molar-refractivity contribution in [2.24, 2.45) is 5.73 Å². The molecule has 1 aliphatic heterocycles. The average molecular weight is 298 g/mol. The highest BCUT2D eigenvalue weighted by Crippen LogP contribution is 2.19. The average Bonchev–Trinajstić information content (AvgIpc) is 2.98. The molecule has 0 bridgehead atoms. The molecule has 1 atom stereocenters. The van der Waals surface area contributed by atoms with Crippen LogP contribution in [0, 0.1) is 0 Å². The molecule has 3 N–H and O–H groups in total. The van der Waals surface area contributed by atoms with Gasteiger partial charge < -0.3 is 20.6 Å². The molecule has 0 saturated carbocycles. The van der Waals surface area contributed by atoms with Crippen LogP contribution in [-0.2, 0) is 9.59 Å². The number of aliphatic carboxylic acids is 1. The highest BCUT2D eigenvalue weighted by atomic mass is 32.1. The van der Waals surface area contributed by atoms with E-state index in [4.69, 9.17) is 10.8 Å². The van der Waals surface area contributed by atoms with Crippen molar-refractivity contribution < 1.29 is 14.7 Å². The van der Waals surface area contributed by atoms with Crippen LogP contribution in [-0.4, -0.2) is 59.1 Å².